The molecule has 0 bridgehead atoms. The number of rotatable bonds is 3. The first-order chi connectivity index (χ1) is 5.70. The van der Waals surface area contributed by atoms with Gasteiger partial charge in [-0.2, -0.15) is 0 Å². The molecule has 0 N–H and O–H groups in total. The molecule has 0 aliphatic heterocycles. The van der Waals surface area contributed by atoms with Crippen LogP contribution in [-0.2, 0) is 6.42 Å². The average Bonchev–Trinajstić information content (AvgIpc) is 2.03. The monoisotopic (exact) mass is 166 g/mol. The number of aryl methyl sites for hydroxylation is 1. The van der Waals surface area contributed by atoms with Gasteiger partial charge in [-0.25, -0.2) is 0 Å². The number of hydrogen-bond donors (Lipinski definition) is 0. The lowest BCUT2D eigenvalue weighted by molar-refractivity contribution is -0.479. The van der Waals surface area contributed by atoms with Crippen molar-refractivity contribution in [3.8, 4) is 0 Å². The fourth-order valence-corrected chi connectivity index (χ4v) is 0.994. The maximum Gasteiger partial charge on any atom is 0.207 e. The molecule has 0 atom stereocenters. The van der Waals surface area contributed by atoms with Gasteiger partial charge in [0.25, 0.3) is 0 Å². The van der Waals surface area contributed by atoms with E-state index >= 15 is 0 Å². The van der Waals surface area contributed by atoms with Crippen molar-refractivity contribution in [2.24, 2.45) is 0 Å². The Morgan fingerprint density at radius 3 is 3.00 bits per heavy atom. The molecule has 4 heteroatoms. The van der Waals surface area contributed by atoms with E-state index in [0.29, 0.717) is 6.42 Å². The van der Waals surface area contributed by atoms with Crippen LogP contribution in [0.4, 0.5) is 0 Å². The summed E-state index contributed by atoms with van der Waals surface area (Å²) in [4.78, 5) is 13.7. The predicted molar refractivity (Wildman–Crippen MR) is 44.5 cm³/mol. The molecule has 0 saturated carbocycles. The first-order valence-electron chi connectivity index (χ1n) is 3.71. The molecular weight excluding hydrogens is 156 g/mol. The summed E-state index contributed by atoms with van der Waals surface area (Å²) in [7, 11) is 0. The van der Waals surface area contributed by atoms with Crippen LogP contribution in [-0.4, -0.2) is 16.5 Å². The van der Waals surface area contributed by atoms with Crippen LogP contribution in [0.25, 0.3) is 0 Å². The summed E-state index contributed by atoms with van der Waals surface area (Å²) in [5.41, 5.74) is 2.01. The standard InChI is InChI=1S/C8H10N2O2/c1-7-6-9-4-2-8(7)3-5-10(11)12/h2,4,6H,3,5H2,1H3. The van der Waals surface area contributed by atoms with Crippen LogP contribution in [0.15, 0.2) is 18.5 Å². The average molecular weight is 166 g/mol. The predicted octanol–water partition coefficient (Wildman–Crippen LogP) is 1.21. The van der Waals surface area contributed by atoms with Crippen LogP contribution >= 0.6 is 0 Å². The summed E-state index contributed by atoms with van der Waals surface area (Å²) in [6, 6.07) is 1.82. The Balaban J connectivity index is 2.63. The highest BCUT2D eigenvalue weighted by Crippen LogP contribution is 2.05. The Morgan fingerprint density at radius 2 is 2.42 bits per heavy atom. The quantitative estimate of drug-likeness (QED) is 0.501. The van der Waals surface area contributed by atoms with Crippen LogP contribution in [0.3, 0.4) is 0 Å². The molecule has 1 aromatic heterocycles. The lowest BCUT2D eigenvalue weighted by atomic mass is 10.1. The van der Waals surface area contributed by atoms with Gasteiger partial charge in [0.05, 0.1) is 0 Å². The molecule has 0 unspecified atom stereocenters. The Morgan fingerprint density at radius 1 is 1.67 bits per heavy atom. The Kier molecular flexibility index (Phi) is 2.74. The van der Waals surface area contributed by atoms with Crippen LogP contribution in [0.2, 0.25) is 0 Å². The SMILES string of the molecule is Cc1cnccc1CC[N+](=O)[O-]. The van der Waals surface area contributed by atoms with Crippen LogP contribution in [0.5, 0.6) is 0 Å². The molecule has 0 saturated heterocycles. The zero-order chi connectivity index (χ0) is 8.97. The van der Waals surface area contributed by atoms with E-state index < -0.39 is 0 Å². The van der Waals surface area contributed by atoms with Crippen molar-refractivity contribution >= 4 is 0 Å². The van der Waals surface area contributed by atoms with E-state index in [0.717, 1.165) is 11.1 Å². The molecule has 1 aromatic rings. The molecule has 0 fully saturated rings. The van der Waals surface area contributed by atoms with Crippen LogP contribution in [0.1, 0.15) is 11.1 Å². The van der Waals surface area contributed by atoms with Gasteiger partial charge in [0.2, 0.25) is 6.54 Å². The molecular formula is C8H10N2O2. The van der Waals surface area contributed by atoms with Gasteiger partial charge in [-0.1, -0.05) is 0 Å². The topological polar surface area (TPSA) is 56.0 Å². The van der Waals surface area contributed by atoms with Crippen LogP contribution in [0, 0.1) is 17.0 Å². The molecule has 0 spiro atoms. The summed E-state index contributed by atoms with van der Waals surface area (Å²) in [5, 5.41) is 10.1. The molecule has 0 aliphatic rings. The van der Waals surface area contributed by atoms with Crippen molar-refractivity contribution in [1.29, 1.82) is 0 Å². The minimum Gasteiger partial charge on any atom is -0.265 e. The molecule has 1 heterocycles. The zero-order valence-electron chi connectivity index (χ0n) is 6.86. The molecule has 1 rings (SSSR count). The van der Waals surface area contributed by atoms with E-state index in [1.807, 2.05) is 13.0 Å². The Bertz CT molecular complexity index is 286. The summed E-state index contributed by atoms with van der Waals surface area (Å²) in [6.45, 7) is 1.90. The van der Waals surface area contributed by atoms with Gasteiger partial charge in [0.15, 0.2) is 0 Å². The lowest BCUT2D eigenvalue weighted by Gasteiger charge is -1.99. The van der Waals surface area contributed by atoms with E-state index in [9.17, 15) is 10.1 Å². The largest absolute Gasteiger partial charge is 0.265 e. The molecule has 4 nitrogen and oxygen atoms in total. The van der Waals surface area contributed by atoms with E-state index in [1.54, 1.807) is 12.4 Å². The van der Waals surface area contributed by atoms with E-state index in [1.165, 1.54) is 0 Å². The van der Waals surface area contributed by atoms with Crippen molar-refractivity contribution in [3.63, 3.8) is 0 Å². The first kappa shape index (κ1) is 8.64. The third-order valence-electron chi connectivity index (χ3n) is 1.70. The van der Waals surface area contributed by atoms with E-state index in [4.69, 9.17) is 0 Å². The van der Waals surface area contributed by atoms with Crippen molar-refractivity contribution in [2.45, 2.75) is 13.3 Å². The second kappa shape index (κ2) is 3.80. The first-order valence-corrected chi connectivity index (χ1v) is 3.71. The van der Waals surface area contributed by atoms with Gasteiger partial charge >= 0.3 is 0 Å². The van der Waals surface area contributed by atoms with Gasteiger partial charge in [0, 0.05) is 23.7 Å². The number of nitrogens with zero attached hydrogens (tertiary/aromatic N) is 2. The molecule has 0 aliphatic carbocycles. The smallest absolute Gasteiger partial charge is 0.207 e. The highest BCUT2D eigenvalue weighted by Gasteiger charge is 2.01. The van der Waals surface area contributed by atoms with Crippen LogP contribution < -0.4 is 0 Å². The van der Waals surface area contributed by atoms with Gasteiger partial charge in [0.1, 0.15) is 0 Å². The van der Waals surface area contributed by atoms with Gasteiger partial charge < -0.3 is 0 Å². The van der Waals surface area contributed by atoms with Crippen molar-refractivity contribution in [1.82, 2.24) is 4.98 Å². The van der Waals surface area contributed by atoms with Gasteiger partial charge in [-0.15, -0.1) is 0 Å². The van der Waals surface area contributed by atoms with Crippen molar-refractivity contribution in [3.05, 3.63) is 39.7 Å². The maximum absolute atomic E-state index is 10.1. The molecule has 0 radical (unpaired) electrons. The van der Waals surface area contributed by atoms with Gasteiger partial charge in [-0.05, 0) is 24.1 Å². The summed E-state index contributed by atoms with van der Waals surface area (Å²) in [6.07, 6.45) is 3.86. The number of hydrogen-bond acceptors (Lipinski definition) is 3. The molecule has 64 valence electrons. The second-order valence-electron chi connectivity index (χ2n) is 2.61. The zero-order valence-corrected chi connectivity index (χ0v) is 6.86. The third-order valence-corrected chi connectivity index (χ3v) is 1.70. The normalized spacial score (nSPS) is 9.75. The minimum absolute atomic E-state index is 0.00907. The van der Waals surface area contributed by atoms with Gasteiger partial charge in [-0.3, -0.25) is 15.1 Å². The second-order valence-corrected chi connectivity index (χ2v) is 2.61. The van der Waals surface area contributed by atoms with E-state index in [2.05, 4.69) is 4.98 Å². The summed E-state index contributed by atoms with van der Waals surface area (Å²) < 4.78 is 0. The molecule has 0 aromatic carbocycles. The number of aromatic nitrogens is 1. The number of pyridine rings is 1. The van der Waals surface area contributed by atoms with Crippen molar-refractivity contribution < 1.29 is 4.92 Å². The van der Waals surface area contributed by atoms with Crippen molar-refractivity contribution in [2.75, 3.05) is 6.54 Å². The molecule has 0 amide bonds. The lowest BCUT2D eigenvalue weighted by Crippen LogP contribution is -2.05. The Labute approximate surface area is 70.4 Å². The Hall–Kier alpha value is -1.45. The molecule has 12 heavy (non-hydrogen) atoms. The highest BCUT2D eigenvalue weighted by molar-refractivity contribution is 5.21. The summed E-state index contributed by atoms with van der Waals surface area (Å²) >= 11 is 0. The maximum atomic E-state index is 10.1. The minimum atomic E-state index is -0.306. The number of nitro groups is 1. The highest BCUT2D eigenvalue weighted by atomic mass is 16.6. The fraction of sp³-hybridized carbons (Fsp3) is 0.375. The third kappa shape index (κ3) is 2.30. The summed E-state index contributed by atoms with van der Waals surface area (Å²) in [5.74, 6) is 0. The van der Waals surface area contributed by atoms with E-state index in [-0.39, 0.29) is 11.5 Å². The fourth-order valence-electron chi connectivity index (χ4n) is 0.994.